The van der Waals surface area contributed by atoms with E-state index in [0.717, 1.165) is 132 Å². The summed E-state index contributed by atoms with van der Waals surface area (Å²) in [7, 11) is 0. The number of aromatic nitrogens is 4. The fraction of sp³-hybridized carbons (Fsp3) is 0.250. The van der Waals surface area contributed by atoms with Gasteiger partial charge in [-0.25, -0.2) is 19.6 Å². The number of carbonyl (C=O) groups is 2. The van der Waals surface area contributed by atoms with Crippen LogP contribution < -0.4 is 4.90 Å². The van der Waals surface area contributed by atoms with E-state index in [1.807, 2.05) is 18.2 Å². The highest BCUT2D eigenvalue weighted by Crippen LogP contribution is 2.44. The second kappa shape index (κ2) is 24.2. The summed E-state index contributed by atoms with van der Waals surface area (Å²) in [5, 5.41) is 19.9. The fourth-order valence-corrected chi connectivity index (χ4v) is 11.9. The normalized spacial score (nSPS) is 11.7. The zero-order valence-corrected chi connectivity index (χ0v) is 47.9. The van der Waals surface area contributed by atoms with E-state index in [-0.39, 0.29) is 11.1 Å². The number of nitrogens with zero attached hydrogens (tertiary/aromatic N) is 3. The van der Waals surface area contributed by atoms with Crippen LogP contribution in [-0.4, -0.2) is 42.1 Å². The minimum atomic E-state index is -1.35. The number of aromatic carboxylic acids is 2. The zero-order valence-electron chi connectivity index (χ0n) is 47.9. The molecule has 9 nitrogen and oxygen atoms in total. The fourth-order valence-electron chi connectivity index (χ4n) is 11.9. The molecule has 0 saturated carbocycles. The van der Waals surface area contributed by atoms with Crippen LogP contribution >= 0.6 is 0 Å². The number of unbranched alkanes of at least 4 members (excludes halogenated alkanes) is 6. The van der Waals surface area contributed by atoms with Gasteiger partial charge < -0.3 is 25.1 Å². The number of benzene rings is 5. The van der Waals surface area contributed by atoms with Gasteiger partial charge in [-0.1, -0.05) is 124 Å². The Balaban J connectivity index is 1.32. The molecule has 0 saturated heterocycles. The first-order valence-electron chi connectivity index (χ1n) is 28.6. The van der Waals surface area contributed by atoms with Gasteiger partial charge in [0.2, 0.25) is 0 Å². The number of anilines is 3. The van der Waals surface area contributed by atoms with Crippen molar-refractivity contribution < 1.29 is 19.8 Å². The molecule has 2 aliphatic heterocycles. The lowest BCUT2D eigenvalue weighted by atomic mass is 9.92. The molecule has 8 bridgehead atoms. The van der Waals surface area contributed by atoms with Crippen molar-refractivity contribution in [1.29, 1.82) is 0 Å². The molecule has 0 radical (unpaired) electrons. The Kier molecular flexibility index (Phi) is 16.5. The molecule has 408 valence electrons. The molecule has 0 atom stereocenters. The molecule has 0 unspecified atom stereocenters. The van der Waals surface area contributed by atoms with Crippen LogP contribution in [-0.2, 0) is 12.8 Å². The summed E-state index contributed by atoms with van der Waals surface area (Å²) < 4.78 is 0. The van der Waals surface area contributed by atoms with E-state index in [4.69, 9.17) is 9.97 Å². The number of aryl methyl sites for hydroxylation is 8. The maximum atomic E-state index is 12.3. The highest BCUT2D eigenvalue weighted by Gasteiger charge is 2.25. The second-order valence-corrected chi connectivity index (χ2v) is 21.9. The van der Waals surface area contributed by atoms with Gasteiger partial charge in [-0.2, -0.15) is 0 Å². The summed E-state index contributed by atoms with van der Waals surface area (Å²) in [6.07, 6.45) is 20.0. The van der Waals surface area contributed by atoms with E-state index < -0.39 is 11.9 Å². The minimum absolute atomic E-state index is 0.310. The van der Waals surface area contributed by atoms with E-state index in [1.165, 1.54) is 67.9 Å². The molecule has 81 heavy (non-hydrogen) atoms. The van der Waals surface area contributed by atoms with Crippen LogP contribution in [0.15, 0.2) is 115 Å². The minimum Gasteiger partial charge on any atom is -0.478 e. The van der Waals surface area contributed by atoms with Gasteiger partial charge in [0.1, 0.15) is 0 Å². The van der Waals surface area contributed by atoms with Gasteiger partial charge in [0.05, 0.1) is 56.2 Å². The van der Waals surface area contributed by atoms with Gasteiger partial charge in [0.25, 0.3) is 0 Å². The number of nitrogens with one attached hydrogen (secondary N) is 2. The largest absolute Gasteiger partial charge is 0.478 e. The Hall–Kier alpha value is -9.00. The molecule has 10 rings (SSSR count). The van der Waals surface area contributed by atoms with Gasteiger partial charge in [-0.15, -0.1) is 0 Å². The Bertz CT molecular complexity index is 3890. The number of carboxylic acid groups (broad SMARTS) is 2. The standard InChI is InChI=1S/C72H71N5O4/c1-9-11-13-15-17-50-19-25-53(26-20-50)77(54-27-21-51(22-28-54)18-16-14-12-10-2)70-64-37-35-62(75-64)68(66-46(5)39-44(3)40-47(66)6)60-33-31-58(73-60)56(30-24-52-23-29-55(71(78)79)57(43-52)72(80)81)59-32-34-61(74-59)69(63-36-38-65(70)76-63)67-48(7)41-45(4)42-49(67)8/h19-23,25-29,31-43,73,76H,9-18H2,1-8H3,(H,78,79)(H,80,81). The third-order valence-corrected chi connectivity index (χ3v) is 15.6. The summed E-state index contributed by atoms with van der Waals surface area (Å²) in [5.41, 5.74) is 22.8. The van der Waals surface area contributed by atoms with Crippen molar-refractivity contribution in [3.8, 4) is 34.1 Å². The van der Waals surface area contributed by atoms with Crippen LogP contribution in [0.2, 0.25) is 0 Å². The monoisotopic (exact) mass is 1070 g/mol. The molecule has 5 heterocycles. The zero-order chi connectivity index (χ0) is 56.9. The molecular weight excluding hydrogens is 999 g/mol. The lowest BCUT2D eigenvalue weighted by molar-refractivity contribution is 0.0651. The lowest BCUT2D eigenvalue weighted by Gasteiger charge is -2.27. The number of carboxylic acids is 2. The van der Waals surface area contributed by atoms with E-state index in [0.29, 0.717) is 22.3 Å². The number of H-pyrrole nitrogens is 2. The molecule has 2 aliphatic rings. The van der Waals surface area contributed by atoms with Crippen molar-refractivity contribution in [2.75, 3.05) is 4.90 Å². The van der Waals surface area contributed by atoms with Gasteiger partial charge >= 0.3 is 11.9 Å². The van der Waals surface area contributed by atoms with Crippen molar-refractivity contribution in [2.45, 2.75) is 120 Å². The van der Waals surface area contributed by atoms with Gasteiger partial charge in [0.15, 0.2) is 0 Å². The Morgan fingerprint density at radius 2 is 0.901 bits per heavy atom. The Morgan fingerprint density at radius 1 is 0.457 bits per heavy atom. The molecule has 5 aromatic carbocycles. The SMILES string of the molecule is CCCCCCc1ccc(N(c2ccc(CCCCCC)cc2)c2c3nc(c(-c4c(C)cc(C)cc4C)c4ccc([nH]4)c(C#Cc4ccc(C(=O)O)c(C(=O)O)c4)c4nc(c(-c5c(C)cc(C)cc5C)c5ccc2[nH]5)C=C4)C=C3)cc1. The summed E-state index contributed by atoms with van der Waals surface area (Å²) in [5.74, 6) is 3.90. The quantitative estimate of drug-likeness (QED) is 0.0527. The number of fused-ring (bicyclic) bond motifs is 8. The Labute approximate surface area is 476 Å². The maximum absolute atomic E-state index is 12.3. The van der Waals surface area contributed by atoms with Crippen LogP contribution in [0.4, 0.5) is 17.1 Å². The van der Waals surface area contributed by atoms with Crippen LogP contribution in [0.5, 0.6) is 0 Å². The van der Waals surface area contributed by atoms with E-state index in [2.05, 4.69) is 185 Å². The van der Waals surface area contributed by atoms with Crippen molar-refractivity contribution in [1.82, 2.24) is 19.9 Å². The smallest absolute Gasteiger partial charge is 0.336 e. The van der Waals surface area contributed by atoms with E-state index >= 15 is 0 Å². The first-order chi connectivity index (χ1) is 39.2. The molecule has 4 N–H and O–H groups in total. The summed E-state index contributed by atoms with van der Waals surface area (Å²) in [6, 6.07) is 39.7. The molecule has 0 spiro atoms. The number of hydrogen-bond donors (Lipinski definition) is 4. The molecule has 0 aliphatic carbocycles. The Morgan fingerprint density at radius 3 is 1.40 bits per heavy atom. The van der Waals surface area contributed by atoms with Crippen molar-refractivity contribution in [3.63, 3.8) is 0 Å². The summed E-state index contributed by atoms with van der Waals surface area (Å²) in [4.78, 5) is 45.8. The summed E-state index contributed by atoms with van der Waals surface area (Å²) >= 11 is 0. The van der Waals surface area contributed by atoms with Gasteiger partial charge in [-0.05, 0) is 203 Å². The molecule has 0 amide bonds. The number of aromatic amines is 2. The van der Waals surface area contributed by atoms with Crippen molar-refractivity contribution >= 4 is 75.4 Å². The first kappa shape index (κ1) is 55.3. The van der Waals surface area contributed by atoms with Crippen molar-refractivity contribution in [2.24, 2.45) is 0 Å². The molecule has 8 aromatic rings. The predicted octanol–water partition coefficient (Wildman–Crippen LogP) is 18.4. The molecule has 0 fully saturated rings. The topological polar surface area (TPSA) is 135 Å². The van der Waals surface area contributed by atoms with Crippen molar-refractivity contribution in [3.05, 3.63) is 205 Å². The second-order valence-electron chi connectivity index (χ2n) is 21.9. The third-order valence-electron chi connectivity index (χ3n) is 15.6. The molecule has 9 heteroatoms. The summed E-state index contributed by atoms with van der Waals surface area (Å²) in [6.45, 7) is 17.4. The highest BCUT2D eigenvalue weighted by atomic mass is 16.4. The van der Waals surface area contributed by atoms with Crippen LogP contribution in [0.25, 0.3) is 68.6 Å². The number of rotatable bonds is 17. The highest BCUT2D eigenvalue weighted by molar-refractivity contribution is 6.03. The molecular formula is C72H71N5O4. The average molecular weight is 1070 g/mol. The van der Waals surface area contributed by atoms with Crippen LogP contribution in [0.3, 0.4) is 0 Å². The van der Waals surface area contributed by atoms with Crippen LogP contribution in [0.1, 0.15) is 164 Å². The number of hydrogen-bond acceptors (Lipinski definition) is 5. The lowest BCUT2D eigenvalue weighted by Crippen LogP contribution is -2.12. The average Bonchev–Trinajstić information content (AvgIpc) is 4.31. The third kappa shape index (κ3) is 11.8. The van der Waals surface area contributed by atoms with Gasteiger partial charge in [-0.3, -0.25) is 0 Å². The molecule has 3 aromatic heterocycles. The van der Waals surface area contributed by atoms with Crippen LogP contribution in [0, 0.1) is 53.4 Å². The predicted molar refractivity (Wildman–Crippen MR) is 335 cm³/mol. The first-order valence-corrected chi connectivity index (χ1v) is 28.6. The van der Waals surface area contributed by atoms with Gasteiger partial charge in [0, 0.05) is 39.1 Å². The maximum Gasteiger partial charge on any atom is 0.336 e. The van der Waals surface area contributed by atoms with E-state index in [1.54, 1.807) is 0 Å². The van der Waals surface area contributed by atoms with E-state index in [9.17, 15) is 19.8 Å².